The van der Waals surface area contributed by atoms with Crippen LogP contribution >= 0.6 is 11.6 Å². The van der Waals surface area contributed by atoms with Gasteiger partial charge >= 0.3 is 5.97 Å². The minimum absolute atomic E-state index is 0.0541. The van der Waals surface area contributed by atoms with E-state index in [0.29, 0.717) is 0 Å². The fraction of sp³-hybridized carbons (Fsp3) is 0.333. The molecule has 1 amide bonds. The number of nitrogens with zero attached hydrogens (tertiary/aromatic N) is 1. The largest absolute Gasteiger partial charge is 0.481 e. The third-order valence-corrected chi connectivity index (χ3v) is 2.99. The van der Waals surface area contributed by atoms with Crippen molar-refractivity contribution in [3.8, 4) is 0 Å². The van der Waals surface area contributed by atoms with Gasteiger partial charge < -0.3 is 10.4 Å². The maximum Gasteiger partial charge on any atom is 0.310 e. The number of carbonyl (C=O) groups is 2. The number of nitrogens with one attached hydrogen (secondary N) is 1. The number of hydrogen-bond donors (Lipinski definition) is 2. The molecule has 0 saturated carbocycles. The average molecular weight is 301 g/mol. The van der Waals surface area contributed by atoms with E-state index >= 15 is 0 Å². The molecule has 0 heterocycles. The second kappa shape index (κ2) is 5.87. The van der Waals surface area contributed by atoms with Crippen LogP contribution in [0.2, 0.25) is 5.02 Å². The molecule has 1 rings (SSSR count). The molecule has 1 aromatic rings. The van der Waals surface area contributed by atoms with E-state index in [0.717, 1.165) is 12.1 Å². The predicted molar refractivity (Wildman–Crippen MR) is 71.9 cm³/mol. The Hall–Kier alpha value is -2.15. The van der Waals surface area contributed by atoms with Gasteiger partial charge in [0.15, 0.2) is 0 Å². The van der Waals surface area contributed by atoms with Gasteiger partial charge in [-0.25, -0.2) is 0 Å². The summed E-state index contributed by atoms with van der Waals surface area (Å²) in [6, 6.07) is 3.45. The summed E-state index contributed by atoms with van der Waals surface area (Å²) < 4.78 is 0. The lowest BCUT2D eigenvalue weighted by atomic mass is 9.94. The van der Waals surface area contributed by atoms with Gasteiger partial charge in [0.05, 0.1) is 20.9 Å². The van der Waals surface area contributed by atoms with Crippen molar-refractivity contribution >= 4 is 29.2 Å². The molecule has 0 spiro atoms. The molecule has 8 heteroatoms. The molecule has 0 atom stereocenters. The number of carboxylic acid groups (broad SMARTS) is 1. The lowest BCUT2D eigenvalue weighted by Gasteiger charge is -2.19. The Morgan fingerprint density at radius 1 is 1.45 bits per heavy atom. The fourth-order valence-corrected chi connectivity index (χ4v) is 1.53. The van der Waals surface area contributed by atoms with Crippen LogP contribution in [-0.2, 0) is 4.79 Å². The Balaban J connectivity index is 2.84. The molecule has 0 saturated heterocycles. The minimum Gasteiger partial charge on any atom is -0.481 e. The molecule has 0 aliphatic heterocycles. The molecule has 108 valence electrons. The first-order chi connectivity index (χ1) is 9.15. The lowest BCUT2D eigenvalue weighted by molar-refractivity contribution is -0.384. The van der Waals surface area contributed by atoms with Crippen molar-refractivity contribution in [2.75, 3.05) is 6.54 Å². The zero-order valence-corrected chi connectivity index (χ0v) is 11.6. The smallest absolute Gasteiger partial charge is 0.310 e. The maximum atomic E-state index is 11.9. The molecule has 0 radical (unpaired) electrons. The van der Waals surface area contributed by atoms with Crippen molar-refractivity contribution in [3.05, 3.63) is 38.9 Å². The summed E-state index contributed by atoms with van der Waals surface area (Å²) in [4.78, 5) is 32.7. The van der Waals surface area contributed by atoms with Gasteiger partial charge in [0.1, 0.15) is 0 Å². The average Bonchev–Trinajstić information content (AvgIpc) is 2.35. The third kappa shape index (κ3) is 3.67. The summed E-state index contributed by atoms with van der Waals surface area (Å²) in [5, 5.41) is 21.8. The van der Waals surface area contributed by atoms with Crippen LogP contribution in [0.15, 0.2) is 18.2 Å². The van der Waals surface area contributed by atoms with Gasteiger partial charge in [-0.3, -0.25) is 19.7 Å². The number of hydrogen-bond acceptors (Lipinski definition) is 4. The fourth-order valence-electron chi connectivity index (χ4n) is 1.27. The third-order valence-electron chi connectivity index (χ3n) is 2.68. The van der Waals surface area contributed by atoms with Crippen molar-refractivity contribution in [2.24, 2.45) is 5.41 Å². The zero-order valence-electron chi connectivity index (χ0n) is 10.8. The first kappa shape index (κ1) is 15.9. The summed E-state index contributed by atoms with van der Waals surface area (Å²) >= 11 is 5.80. The molecule has 0 unspecified atom stereocenters. The van der Waals surface area contributed by atoms with Gasteiger partial charge in [-0.2, -0.15) is 0 Å². The van der Waals surface area contributed by atoms with Gasteiger partial charge in [0.2, 0.25) is 0 Å². The monoisotopic (exact) mass is 300 g/mol. The number of carboxylic acids is 1. The normalized spacial score (nSPS) is 10.9. The van der Waals surface area contributed by atoms with Gasteiger partial charge in [-0.05, 0) is 19.9 Å². The number of rotatable bonds is 5. The van der Waals surface area contributed by atoms with Crippen LogP contribution in [0.5, 0.6) is 0 Å². The molecule has 20 heavy (non-hydrogen) atoms. The summed E-state index contributed by atoms with van der Waals surface area (Å²) in [6.45, 7) is 2.84. The number of benzene rings is 1. The standard InChI is InChI=1S/C12H13ClN2O5/c1-12(2,11(17)18)6-14-10(16)8-4-3-7(15(19)20)5-9(8)13/h3-5H,6H2,1-2H3,(H,14,16)(H,17,18). The van der Waals surface area contributed by atoms with Crippen LogP contribution in [0, 0.1) is 15.5 Å². The molecule has 7 nitrogen and oxygen atoms in total. The highest BCUT2D eigenvalue weighted by atomic mass is 35.5. The molecule has 2 N–H and O–H groups in total. The first-order valence-corrected chi connectivity index (χ1v) is 5.98. The number of nitro benzene ring substituents is 1. The second-order valence-electron chi connectivity index (χ2n) is 4.79. The van der Waals surface area contributed by atoms with E-state index in [9.17, 15) is 19.7 Å². The SMILES string of the molecule is CC(C)(CNC(=O)c1ccc([N+](=O)[O-])cc1Cl)C(=O)O. The van der Waals surface area contributed by atoms with Gasteiger partial charge in [-0.15, -0.1) is 0 Å². The van der Waals surface area contributed by atoms with Crippen LogP contribution < -0.4 is 5.32 Å². The number of halogens is 1. The van der Waals surface area contributed by atoms with E-state index in [1.165, 1.54) is 19.9 Å². The Kier molecular flexibility index (Phi) is 4.67. The van der Waals surface area contributed by atoms with E-state index in [2.05, 4.69) is 5.32 Å². The van der Waals surface area contributed by atoms with Crippen molar-refractivity contribution in [2.45, 2.75) is 13.8 Å². The quantitative estimate of drug-likeness (QED) is 0.639. The van der Waals surface area contributed by atoms with Crippen molar-refractivity contribution in [1.82, 2.24) is 5.32 Å². The number of non-ortho nitro benzene ring substituents is 1. The highest BCUT2D eigenvalue weighted by Gasteiger charge is 2.28. The van der Waals surface area contributed by atoms with Crippen molar-refractivity contribution < 1.29 is 19.6 Å². The molecule has 0 fully saturated rings. The molecular weight excluding hydrogens is 288 g/mol. The summed E-state index contributed by atoms with van der Waals surface area (Å²) in [6.07, 6.45) is 0. The second-order valence-corrected chi connectivity index (χ2v) is 5.20. The van der Waals surface area contributed by atoms with Crippen LogP contribution in [0.25, 0.3) is 0 Å². The van der Waals surface area contributed by atoms with E-state index < -0.39 is 22.2 Å². The van der Waals surface area contributed by atoms with E-state index in [4.69, 9.17) is 16.7 Å². The molecule has 0 aliphatic carbocycles. The van der Waals surface area contributed by atoms with Crippen molar-refractivity contribution in [1.29, 1.82) is 0 Å². The van der Waals surface area contributed by atoms with Gasteiger partial charge in [0.25, 0.3) is 11.6 Å². The Morgan fingerprint density at radius 2 is 2.05 bits per heavy atom. The van der Waals surface area contributed by atoms with E-state index in [-0.39, 0.29) is 22.8 Å². The summed E-state index contributed by atoms with van der Waals surface area (Å²) in [5.74, 6) is -1.63. The van der Waals surface area contributed by atoms with Crippen LogP contribution in [0.1, 0.15) is 24.2 Å². The number of aliphatic carboxylic acids is 1. The topological polar surface area (TPSA) is 110 Å². The number of amides is 1. The highest BCUT2D eigenvalue weighted by molar-refractivity contribution is 6.34. The number of nitro groups is 1. The van der Waals surface area contributed by atoms with E-state index in [1.54, 1.807) is 0 Å². The van der Waals surface area contributed by atoms with E-state index in [1.807, 2.05) is 0 Å². The highest BCUT2D eigenvalue weighted by Crippen LogP contribution is 2.22. The van der Waals surface area contributed by atoms with Crippen molar-refractivity contribution in [3.63, 3.8) is 0 Å². The first-order valence-electron chi connectivity index (χ1n) is 5.60. The molecule has 0 aliphatic rings. The van der Waals surface area contributed by atoms with Crippen LogP contribution in [-0.4, -0.2) is 28.5 Å². The Morgan fingerprint density at radius 3 is 2.50 bits per heavy atom. The van der Waals surface area contributed by atoms with Crippen LogP contribution in [0.3, 0.4) is 0 Å². The Bertz CT molecular complexity index is 571. The van der Waals surface area contributed by atoms with Crippen LogP contribution in [0.4, 0.5) is 5.69 Å². The van der Waals surface area contributed by atoms with Gasteiger partial charge in [-0.1, -0.05) is 11.6 Å². The predicted octanol–water partition coefficient (Wildman–Crippen LogP) is 2.09. The number of carbonyl (C=O) groups excluding carboxylic acids is 1. The summed E-state index contributed by atoms with van der Waals surface area (Å²) in [5.41, 5.74) is -1.29. The maximum absolute atomic E-state index is 11.9. The minimum atomic E-state index is -1.12. The Labute approximate surface area is 119 Å². The molecule has 0 bridgehead atoms. The zero-order chi connectivity index (χ0) is 15.5. The molecular formula is C12H13ClN2O5. The molecule has 1 aromatic carbocycles. The summed E-state index contributed by atoms with van der Waals surface area (Å²) in [7, 11) is 0. The van der Waals surface area contributed by atoms with Gasteiger partial charge in [0, 0.05) is 18.7 Å². The molecule has 0 aromatic heterocycles. The lowest BCUT2D eigenvalue weighted by Crippen LogP contribution is -2.39.